The Kier molecular flexibility index (Phi) is 6.07. The summed E-state index contributed by atoms with van der Waals surface area (Å²) in [7, 11) is 0. The van der Waals surface area contributed by atoms with Crippen LogP contribution in [0.15, 0.2) is 29.6 Å². The summed E-state index contributed by atoms with van der Waals surface area (Å²) in [5, 5.41) is 5.41. The first-order chi connectivity index (χ1) is 12.4. The van der Waals surface area contributed by atoms with Gasteiger partial charge in [0.2, 0.25) is 5.91 Å². The molecule has 0 fully saturated rings. The number of thioether (sulfide) groups is 1. The summed E-state index contributed by atoms with van der Waals surface area (Å²) in [5.41, 5.74) is 1.72. The average Bonchev–Trinajstić information content (AvgIpc) is 2.90. The smallest absolute Gasteiger partial charge is 0.237 e. The lowest BCUT2D eigenvalue weighted by atomic mass is 10.2. The molecule has 2 heterocycles. The van der Waals surface area contributed by atoms with Crippen LogP contribution in [0.3, 0.4) is 0 Å². The SMILES string of the molecule is CCC(Sc1ncnc2sc(C)c(C)c12)C(=O)Nc1ccc(Cl)cc1Cl. The normalized spacial score (nSPS) is 12.3. The molecule has 3 aromatic rings. The number of nitrogens with one attached hydrogen (secondary N) is 1. The molecule has 0 aliphatic heterocycles. The van der Waals surface area contributed by atoms with Gasteiger partial charge in [0.1, 0.15) is 16.2 Å². The number of aryl methyl sites for hydroxylation is 2. The molecule has 1 unspecified atom stereocenters. The maximum Gasteiger partial charge on any atom is 0.237 e. The fourth-order valence-corrected chi connectivity index (χ4v) is 5.10. The van der Waals surface area contributed by atoms with Gasteiger partial charge in [0.05, 0.1) is 16.0 Å². The van der Waals surface area contributed by atoms with E-state index >= 15 is 0 Å². The lowest BCUT2D eigenvalue weighted by Crippen LogP contribution is -2.24. The highest BCUT2D eigenvalue weighted by Crippen LogP contribution is 2.37. The van der Waals surface area contributed by atoms with Crippen molar-refractivity contribution in [2.75, 3.05) is 5.32 Å². The molecule has 0 bridgehead atoms. The molecule has 1 atom stereocenters. The molecule has 0 aliphatic rings. The van der Waals surface area contributed by atoms with E-state index in [1.807, 2.05) is 6.92 Å². The van der Waals surface area contributed by atoms with Gasteiger partial charge >= 0.3 is 0 Å². The highest BCUT2D eigenvalue weighted by Gasteiger charge is 2.22. The van der Waals surface area contributed by atoms with Gasteiger partial charge in [0.25, 0.3) is 0 Å². The highest BCUT2D eigenvalue weighted by atomic mass is 35.5. The zero-order valence-corrected chi connectivity index (χ0v) is 17.6. The van der Waals surface area contributed by atoms with E-state index < -0.39 is 0 Å². The quantitative estimate of drug-likeness (QED) is 0.394. The zero-order valence-electron chi connectivity index (χ0n) is 14.5. The number of carbonyl (C=O) groups excluding carboxylic acids is 1. The molecule has 2 aromatic heterocycles. The van der Waals surface area contributed by atoms with Crippen LogP contribution < -0.4 is 5.32 Å². The van der Waals surface area contributed by atoms with E-state index in [0.29, 0.717) is 22.2 Å². The van der Waals surface area contributed by atoms with Crippen LogP contribution in [0, 0.1) is 13.8 Å². The maximum absolute atomic E-state index is 12.7. The van der Waals surface area contributed by atoms with Gasteiger partial charge in [-0.05, 0) is 44.0 Å². The molecule has 0 radical (unpaired) electrons. The summed E-state index contributed by atoms with van der Waals surface area (Å²) in [6.07, 6.45) is 2.22. The van der Waals surface area contributed by atoms with Crippen LogP contribution in [0.25, 0.3) is 10.2 Å². The molecule has 0 aliphatic carbocycles. The minimum absolute atomic E-state index is 0.113. The molecule has 26 heavy (non-hydrogen) atoms. The van der Waals surface area contributed by atoms with E-state index in [2.05, 4.69) is 29.1 Å². The molecular formula is C18H17Cl2N3OS2. The summed E-state index contributed by atoms with van der Waals surface area (Å²) in [5.74, 6) is -0.113. The molecular weight excluding hydrogens is 409 g/mol. The van der Waals surface area contributed by atoms with Gasteiger partial charge in [-0.3, -0.25) is 4.79 Å². The van der Waals surface area contributed by atoms with Gasteiger partial charge in [0, 0.05) is 15.3 Å². The number of aromatic nitrogens is 2. The third kappa shape index (κ3) is 3.98. The van der Waals surface area contributed by atoms with Crippen molar-refractivity contribution in [2.24, 2.45) is 0 Å². The van der Waals surface area contributed by atoms with Crippen molar-refractivity contribution in [3.63, 3.8) is 0 Å². The number of rotatable bonds is 5. The zero-order chi connectivity index (χ0) is 18.8. The fraction of sp³-hybridized carbons (Fsp3) is 0.278. The molecule has 1 N–H and O–H groups in total. The second kappa shape index (κ2) is 8.13. The molecule has 3 rings (SSSR count). The van der Waals surface area contributed by atoms with Crippen LogP contribution in [-0.4, -0.2) is 21.1 Å². The lowest BCUT2D eigenvalue weighted by Gasteiger charge is -2.15. The van der Waals surface area contributed by atoms with Gasteiger partial charge in [-0.15, -0.1) is 11.3 Å². The number of thiophene rings is 1. The van der Waals surface area contributed by atoms with Crippen LogP contribution >= 0.6 is 46.3 Å². The molecule has 0 saturated carbocycles. The predicted octanol–water partition coefficient (Wildman–Crippen LogP) is 6.12. The molecule has 136 valence electrons. The summed E-state index contributed by atoms with van der Waals surface area (Å²) in [4.78, 5) is 23.7. The topological polar surface area (TPSA) is 54.9 Å². The van der Waals surface area contributed by atoms with Gasteiger partial charge in [-0.2, -0.15) is 0 Å². The summed E-state index contributed by atoms with van der Waals surface area (Å²) in [6, 6.07) is 5.01. The fourth-order valence-electron chi connectivity index (χ4n) is 2.50. The van der Waals surface area contributed by atoms with E-state index in [1.54, 1.807) is 35.9 Å². The third-order valence-corrected chi connectivity index (χ3v) is 7.06. The Hall–Kier alpha value is -1.34. The van der Waals surface area contributed by atoms with Crippen molar-refractivity contribution in [3.8, 4) is 0 Å². The van der Waals surface area contributed by atoms with Crippen LogP contribution in [-0.2, 0) is 4.79 Å². The van der Waals surface area contributed by atoms with E-state index in [0.717, 1.165) is 15.2 Å². The predicted molar refractivity (Wildman–Crippen MR) is 112 cm³/mol. The molecule has 0 spiro atoms. The summed E-state index contributed by atoms with van der Waals surface area (Å²) in [6.45, 7) is 6.11. The van der Waals surface area contributed by atoms with E-state index in [-0.39, 0.29) is 11.2 Å². The van der Waals surface area contributed by atoms with Crippen LogP contribution in [0.4, 0.5) is 5.69 Å². The number of amides is 1. The van der Waals surface area contributed by atoms with Crippen molar-refractivity contribution in [1.29, 1.82) is 0 Å². The van der Waals surface area contributed by atoms with Gasteiger partial charge < -0.3 is 5.32 Å². The minimum atomic E-state index is -0.292. The number of halogens is 2. The van der Waals surface area contributed by atoms with Crippen LogP contribution in [0.2, 0.25) is 10.0 Å². The van der Waals surface area contributed by atoms with E-state index in [4.69, 9.17) is 23.2 Å². The Bertz CT molecular complexity index is 974. The van der Waals surface area contributed by atoms with Crippen molar-refractivity contribution in [2.45, 2.75) is 37.5 Å². The second-order valence-corrected chi connectivity index (χ2v) is 9.01. The number of hydrogen-bond donors (Lipinski definition) is 1. The van der Waals surface area contributed by atoms with Crippen molar-refractivity contribution >= 4 is 68.1 Å². The second-order valence-electron chi connectivity index (χ2n) is 5.77. The lowest BCUT2D eigenvalue weighted by molar-refractivity contribution is -0.115. The Morgan fingerprint density at radius 3 is 2.77 bits per heavy atom. The largest absolute Gasteiger partial charge is 0.324 e. The van der Waals surface area contributed by atoms with Crippen LogP contribution in [0.1, 0.15) is 23.8 Å². The molecule has 8 heteroatoms. The number of carbonyl (C=O) groups is 1. The Morgan fingerprint density at radius 1 is 1.31 bits per heavy atom. The number of anilines is 1. The highest BCUT2D eigenvalue weighted by molar-refractivity contribution is 8.00. The molecule has 1 aromatic carbocycles. The Morgan fingerprint density at radius 2 is 2.08 bits per heavy atom. The summed E-state index contributed by atoms with van der Waals surface area (Å²) < 4.78 is 0. The minimum Gasteiger partial charge on any atom is -0.324 e. The first-order valence-corrected chi connectivity index (χ1v) is 10.5. The van der Waals surface area contributed by atoms with E-state index in [1.165, 1.54) is 22.2 Å². The number of fused-ring (bicyclic) bond motifs is 1. The van der Waals surface area contributed by atoms with Crippen molar-refractivity contribution < 1.29 is 4.79 Å². The molecule has 4 nitrogen and oxygen atoms in total. The van der Waals surface area contributed by atoms with Crippen LogP contribution in [0.5, 0.6) is 0 Å². The van der Waals surface area contributed by atoms with Gasteiger partial charge in [-0.25, -0.2) is 9.97 Å². The van der Waals surface area contributed by atoms with Crippen molar-refractivity contribution in [1.82, 2.24) is 9.97 Å². The maximum atomic E-state index is 12.7. The monoisotopic (exact) mass is 425 g/mol. The Labute approximate surface area is 170 Å². The summed E-state index contributed by atoms with van der Waals surface area (Å²) >= 11 is 15.2. The van der Waals surface area contributed by atoms with Crippen molar-refractivity contribution in [3.05, 3.63) is 45.0 Å². The number of benzene rings is 1. The van der Waals surface area contributed by atoms with Gasteiger partial charge in [-0.1, -0.05) is 41.9 Å². The van der Waals surface area contributed by atoms with Gasteiger partial charge in [0.15, 0.2) is 0 Å². The number of nitrogens with zero attached hydrogens (tertiary/aromatic N) is 2. The third-order valence-electron chi connectivity index (χ3n) is 4.04. The average molecular weight is 426 g/mol. The van der Waals surface area contributed by atoms with E-state index in [9.17, 15) is 4.79 Å². The first kappa shape index (κ1) is 19.4. The standard InChI is InChI=1S/C18H17Cl2N3OS2/c1-4-14(16(24)23-13-6-5-11(19)7-12(13)20)26-18-15-9(2)10(3)25-17(15)21-8-22-18/h5-8,14H,4H2,1-3H3,(H,23,24). The Balaban J connectivity index is 1.84. The molecule has 1 amide bonds. The molecule has 0 saturated heterocycles. The first-order valence-electron chi connectivity index (χ1n) is 8.04. The number of hydrogen-bond acceptors (Lipinski definition) is 5.